The monoisotopic (exact) mass is 255 g/mol. The number of rotatable bonds is 5. The molecule has 1 heterocycles. The van der Waals surface area contributed by atoms with E-state index in [4.69, 9.17) is 0 Å². The number of halogens is 1. The minimum Gasteiger partial charge on any atom is -0.387 e. The molecule has 0 aromatic carbocycles. The SMILES string of the molecule is CN(C)CC(C)(O)CNC(=O)c1ccc(F)nc1. The number of aliphatic hydroxyl groups is 1. The highest BCUT2D eigenvalue weighted by Gasteiger charge is 2.22. The summed E-state index contributed by atoms with van der Waals surface area (Å²) in [6.45, 7) is 2.17. The molecular formula is C12H18FN3O2. The fraction of sp³-hybridized carbons (Fsp3) is 0.500. The van der Waals surface area contributed by atoms with Crippen molar-refractivity contribution in [3.8, 4) is 0 Å². The number of pyridine rings is 1. The first-order valence-corrected chi connectivity index (χ1v) is 5.57. The Morgan fingerprint density at radius 1 is 1.56 bits per heavy atom. The Bertz CT molecular complexity index is 404. The minimum atomic E-state index is -1.02. The Morgan fingerprint density at radius 3 is 2.72 bits per heavy atom. The fourth-order valence-electron chi connectivity index (χ4n) is 1.62. The number of hydrogen-bond donors (Lipinski definition) is 2. The van der Waals surface area contributed by atoms with Crippen LogP contribution in [-0.4, -0.2) is 53.7 Å². The molecule has 18 heavy (non-hydrogen) atoms. The molecule has 1 aromatic heterocycles. The van der Waals surface area contributed by atoms with Crippen molar-refractivity contribution in [1.29, 1.82) is 0 Å². The van der Waals surface area contributed by atoms with E-state index in [1.54, 1.807) is 6.92 Å². The first-order chi connectivity index (χ1) is 8.30. The van der Waals surface area contributed by atoms with Crippen LogP contribution in [0.25, 0.3) is 0 Å². The molecule has 0 radical (unpaired) electrons. The topological polar surface area (TPSA) is 65.5 Å². The van der Waals surface area contributed by atoms with E-state index in [1.807, 2.05) is 19.0 Å². The number of hydrogen-bond acceptors (Lipinski definition) is 4. The average Bonchev–Trinajstić information content (AvgIpc) is 2.25. The molecule has 100 valence electrons. The van der Waals surface area contributed by atoms with E-state index < -0.39 is 11.5 Å². The summed E-state index contributed by atoms with van der Waals surface area (Å²) in [6, 6.07) is 2.46. The standard InChI is InChI=1S/C12H18FN3O2/c1-12(18,8-16(2)3)7-15-11(17)9-4-5-10(13)14-6-9/h4-6,18H,7-8H2,1-3H3,(H,15,17). The van der Waals surface area contributed by atoms with Crippen LogP contribution in [0.2, 0.25) is 0 Å². The zero-order valence-corrected chi connectivity index (χ0v) is 10.8. The van der Waals surface area contributed by atoms with E-state index >= 15 is 0 Å². The van der Waals surface area contributed by atoms with Gasteiger partial charge in [0.15, 0.2) is 0 Å². The third kappa shape index (κ3) is 4.77. The highest BCUT2D eigenvalue weighted by Crippen LogP contribution is 2.04. The molecule has 0 saturated heterocycles. The van der Waals surface area contributed by atoms with Gasteiger partial charge in [0.1, 0.15) is 0 Å². The molecule has 0 aliphatic heterocycles. The summed E-state index contributed by atoms with van der Waals surface area (Å²) in [5.74, 6) is -1.02. The van der Waals surface area contributed by atoms with Gasteiger partial charge in [-0.1, -0.05) is 0 Å². The smallest absolute Gasteiger partial charge is 0.252 e. The largest absolute Gasteiger partial charge is 0.387 e. The molecule has 0 bridgehead atoms. The van der Waals surface area contributed by atoms with E-state index in [0.717, 1.165) is 12.3 Å². The van der Waals surface area contributed by atoms with Crippen LogP contribution in [0.15, 0.2) is 18.3 Å². The lowest BCUT2D eigenvalue weighted by Gasteiger charge is -2.27. The van der Waals surface area contributed by atoms with Crippen molar-refractivity contribution in [1.82, 2.24) is 15.2 Å². The summed E-state index contributed by atoms with van der Waals surface area (Å²) in [5.41, 5.74) is -0.760. The summed E-state index contributed by atoms with van der Waals surface area (Å²) in [7, 11) is 3.67. The second-order valence-corrected chi connectivity index (χ2v) is 4.79. The van der Waals surface area contributed by atoms with Gasteiger partial charge in [-0.3, -0.25) is 4.79 Å². The molecule has 1 rings (SSSR count). The van der Waals surface area contributed by atoms with Gasteiger partial charge in [-0.25, -0.2) is 4.98 Å². The Balaban J connectivity index is 2.53. The highest BCUT2D eigenvalue weighted by atomic mass is 19.1. The van der Waals surface area contributed by atoms with Gasteiger partial charge in [0.25, 0.3) is 5.91 Å². The molecule has 1 amide bonds. The summed E-state index contributed by atoms with van der Waals surface area (Å²) >= 11 is 0. The molecule has 1 unspecified atom stereocenters. The Labute approximate surface area is 106 Å². The van der Waals surface area contributed by atoms with E-state index in [9.17, 15) is 14.3 Å². The van der Waals surface area contributed by atoms with Gasteiger partial charge in [-0.2, -0.15) is 4.39 Å². The van der Waals surface area contributed by atoms with Crippen molar-refractivity contribution in [2.75, 3.05) is 27.2 Å². The molecule has 2 N–H and O–H groups in total. The van der Waals surface area contributed by atoms with Crippen LogP contribution in [0.4, 0.5) is 4.39 Å². The third-order valence-corrected chi connectivity index (χ3v) is 2.28. The van der Waals surface area contributed by atoms with Crippen LogP contribution >= 0.6 is 0 Å². The van der Waals surface area contributed by atoms with Crippen molar-refractivity contribution in [2.45, 2.75) is 12.5 Å². The highest BCUT2D eigenvalue weighted by molar-refractivity contribution is 5.93. The van der Waals surface area contributed by atoms with Crippen LogP contribution in [0, 0.1) is 5.95 Å². The van der Waals surface area contributed by atoms with Crippen molar-refractivity contribution in [3.05, 3.63) is 29.8 Å². The van der Waals surface area contributed by atoms with Gasteiger partial charge in [-0.15, -0.1) is 0 Å². The molecule has 0 spiro atoms. The van der Waals surface area contributed by atoms with Gasteiger partial charge < -0.3 is 15.3 Å². The lowest BCUT2D eigenvalue weighted by molar-refractivity contribution is 0.0326. The summed E-state index contributed by atoms with van der Waals surface area (Å²) < 4.78 is 12.6. The lowest BCUT2D eigenvalue weighted by Crippen LogP contribution is -2.47. The summed E-state index contributed by atoms with van der Waals surface area (Å²) in [4.78, 5) is 16.9. The molecule has 0 fully saturated rings. The van der Waals surface area contributed by atoms with Crippen molar-refractivity contribution >= 4 is 5.91 Å². The molecule has 1 aromatic rings. The maximum absolute atomic E-state index is 12.6. The van der Waals surface area contributed by atoms with E-state index in [2.05, 4.69) is 10.3 Å². The van der Waals surface area contributed by atoms with Crippen LogP contribution in [0.5, 0.6) is 0 Å². The second kappa shape index (κ2) is 5.88. The number of aromatic nitrogens is 1. The average molecular weight is 255 g/mol. The quantitative estimate of drug-likeness (QED) is 0.741. The molecule has 6 heteroatoms. The van der Waals surface area contributed by atoms with Gasteiger partial charge in [0.05, 0.1) is 11.2 Å². The molecule has 5 nitrogen and oxygen atoms in total. The number of carbonyl (C=O) groups excluding carboxylic acids is 1. The fourth-order valence-corrected chi connectivity index (χ4v) is 1.62. The molecule has 0 saturated carbocycles. The van der Waals surface area contributed by atoms with E-state index in [0.29, 0.717) is 6.54 Å². The van der Waals surface area contributed by atoms with Crippen molar-refractivity contribution in [3.63, 3.8) is 0 Å². The van der Waals surface area contributed by atoms with Gasteiger partial charge in [0, 0.05) is 19.3 Å². The molecule has 0 aliphatic rings. The van der Waals surface area contributed by atoms with Crippen LogP contribution in [-0.2, 0) is 0 Å². The first-order valence-electron chi connectivity index (χ1n) is 5.57. The number of likely N-dealkylation sites (N-methyl/N-ethyl adjacent to an activating group) is 1. The first kappa shape index (κ1) is 14.5. The van der Waals surface area contributed by atoms with Crippen molar-refractivity contribution in [2.24, 2.45) is 0 Å². The summed E-state index contributed by atoms with van der Waals surface area (Å²) in [6.07, 6.45) is 1.16. The maximum Gasteiger partial charge on any atom is 0.252 e. The predicted molar refractivity (Wildman–Crippen MR) is 65.7 cm³/mol. The summed E-state index contributed by atoms with van der Waals surface area (Å²) in [5, 5.41) is 12.6. The molecule has 1 atom stereocenters. The number of carbonyl (C=O) groups is 1. The number of amides is 1. The Morgan fingerprint density at radius 2 is 2.22 bits per heavy atom. The predicted octanol–water partition coefficient (Wildman–Crippen LogP) is 0.263. The third-order valence-electron chi connectivity index (χ3n) is 2.28. The number of nitrogens with zero attached hydrogens (tertiary/aromatic N) is 2. The Hall–Kier alpha value is -1.53. The van der Waals surface area contributed by atoms with E-state index in [1.165, 1.54) is 6.07 Å². The normalized spacial score (nSPS) is 14.3. The zero-order chi connectivity index (χ0) is 13.8. The van der Waals surface area contributed by atoms with Gasteiger partial charge >= 0.3 is 0 Å². The Kier molecular flexibility index (Phi) is 4.75. The van der Waals surface area contributed by atoms with Crippen LogP contribution in [0.1, 0.15) is 17.3 Å². The maximum atomic E-state index is 12.6. The van der Waals surface area contributed by atoms with Gasteiger partial charge in [0.2, 0.25) is 5.95 Å². The van der Waals surface area contributed by atoms with Gasteiger partial charge in [-0.05, 0) is 33.2 Å². The molecule has 0 aliphatic carbocycles. The minimum absolute atomic E-state index is 0.112. The van der Waals surface area contributed by atoms with Crippen LogP contribution in [0.3, 0.4) is 0 Å². The van der Waals surface area contributed by atoms with E-state index in [-0.39, 0.29) is 18.0 Å². The van der Waals surface area contributed by atoms with Crippen molar-refractivity contribution < 1.29 is 14.3 Å². The zero-order valence-electron chi connectivity index (χ0n) is 10.8. The lowest BCUT2D eigenvalue weighted by atomic mass is 10.1. The second-order valence-electron chi connectivity index (χ2n) is 4.79. The molecular weight excluding hydrogens is 237 g/mol. The van der Waals surface area contributed by atoms with Crippen LogP contribution < -0.4 is 5.32 Å². The number of nitrogens with one attached hydrogen (secondary N) is 1.